The van der Waals surface area contributed by atoms with Crippen molar-refractivity contribution in [2.45, 2.75) is 25.7 Å². The maximum absolute atomic E-state index is 12.5. The van der Waals surface area contributed by atoms with Crippen LogP contribution in [0, 0.1) is 5.92 Å². The van der Waals surface area contributed by atoms with Gasteiger partial charge in [0.05, 0.1) is 20.3 Å². The lowest BCUT2D eigenvalue weighted by Crippen LogP contribution is -2.44. The summed E-state index contributed by atoms with van der Waals surface area (Å²) in [5.74, 6) is 1.88. The molecule has 0 radical (unpaired) electrons. The number of piperidine rings is 1. The zero-order valence-electron chi connectivity index (χ0n) is 15.3. The van der Waals surface area contributed by atoms with E-state index < -0.39 is 0 Å². The van der Waals surface area contributed by atoms with Crippen molar-refractivity contribution in [3.8, 4) is 5.75 Å². The van der Waals surface area contributed by atoms with E-state index in [0.29, 0.717) is 12.3 Å². The van der Waals surface area contributed by atoms with Gasteiger partial charge in [-0.15, -0.1) is 0 Å². The van der Waals surface area contributed by atoms with Gasteiger partial charge in [0.1, 0.15) is 5.75 Å². The second kappa shape index (κ2) is 9.20. The fourth-order valence-corrected chi connectivity index (χ4v) is 3.72. The van der Waals surface area contributed by atoms with Crippen LogP contribution < -0.4 is 4.74 Å². The van der Waals surface area contributed by atoms with Crippen LogP contribution in [-0.4, -0.2) is 68.8 Å². The largest absolute Gasteiger partial charge is 0.497 e. The van der Waals surface area contributed by atoms with Crippen LogP contribution in [0.3, 0.4) is 0 Å². The first-order valence-electron chi connectivity index (χ1n) is 9.45. The Bertz CT molecular complexity index is 532. The van der Waals surface area contributed by atoms with E-state index in [4.69, 9.17) is 9.47 Å². The van der Waals surface area contributed by atoms with Gasteiger partial charge in [-0.1, -0.05) is 12.1 Å². The highest BCUT2D eigenvalue weighted by atomic mass is 16.5. The monoisotopic (exact) mass is 346 g/mol. The van der Waals surface area contributed by atoms with Crippen LogP contribution in [0.5, 0.6) is 5.75 Å². The Kier molecular flexibility index (Phi) is 6.70. The van der Waals surface area contributed by atoms with Crippen molar-refractivity contribution < 1.29 is 14.3 Å². The number of hydrogen-bond donors (Lipinski definition) is 0. The number of ether oxygens (including phenoxy) is 2. The molecule has 1 aromatic carbocycles. The molecule has 5 heteroatoms. The van der Waals surface area contributed by atoms with Crippen molar-refractivity contribution in [3.63, 3.8) is 0 Å². The van der Waals surface area contributed by atoms with Gasteiger partial charge in [-0.2, -0.15) is 0 Å². The summed E-state index contributed by atoms with van der Waals surface area (Å²) in [4.78, 5) is 17.0. The SMILES string of the molecule is COc1ccc(CCC(=O)N2CCC(CN3CCOCC3)CC2)cc1. The van der Waals surface area contributed by atoms with Crippen LogP contribution in [0.1, 0.15) is 24.8 Å². The summed E-state index contributed by atoms with van der Waals surface area (Å²) in [5, 5.41) is 0. The van der Waals surface area contributed by atoms with Crippen molar-refractivity contribution in [3.05, 3.63) is 29.8 Å². The molecular formula is C20H30N2O3. The molecule has 2 aliphatic rings. The molecule has 0 saturated carbocycles. The molecule has 2 aliphatic heterocycles. The van der Waals surface area contributed by atoms with Crippen LogP contribution >= 0.6 is 0 Å². The first kappa shape index (κ1) is 18.2. The molecule has 3 rings (SSSR count). The molecule has 1 amide bonds. The van der Waals surface area contributed by atoms with Crippen molar-refractivity contribution >= 4 is 5.91 Å². The third-order valence-corrected chi connectivity index (χ3v) is 5.37. The van der Waals surface area contributed by atoms with E-state index in [-0.39, 0.29) is 0 Å². The van der Waals surface area contributed by atoms with Gasteiger partial charge in [-0.25, -0.2) is 0 Å². The normalized spacial score (nSPS) is 19.8. The summed E-state index contributed by atoms with van der Waals surface area (Å²) in [6, 6.07) is 8.00. The standard InChI is InChI=1S/C20H30N2O3/c1-24-19-5-2-17(3-6-19)4-7-20(23)22-10-8-18(9-11-22)16-21-12-14-25-15-13-21/h2-3,5-6,18H,4,7-16H2,1H3. The molecule has 2 saturated heterocycles. The van der Waals surface area contributed by atoms with Crippen molar-refractivity contribution in [1.82, 2.24) is 9.80 Å². The van der Waals surface area contributed by atoms with E-state index in [1.54, 1.807) is 7.11 Å². The number of likely N-dealkylation sites (tertiary alicyclic amines) is 1. The smallest absolute Gasteiger partial charge is 0.222 e. The summed E-state index contributed by atoms with van der Waals surface area (Å²) in [6.07, 6.45) is 3.66. The summed E-state index contributed by atoms with van der Waals surface area (Å²) in [6.45, 7) is 6.83. The van der Waals surface area contributed by atoms with E-state index in [9.17, 15) is 4.79 Å². The van der Waals surface area contributed by atoms with Gasteiger partial charge in [0, 0.05) is 39.1 Å². The predicted octanol–water partition coefficient (Wildman–Crippen LogP) is 2.20. The minimum absolute atomic E-state index is 0.292. The van der Waals surface area contributed by atoms with Gasteiger partial charge >= 0.3 is 0 Å². The average molecular weight is 346 g/mol. The van der Waals surface area contributed by atoms with Gasteiger partial charge in [0.25, 0.3) is 0 Å². The maximum Gasteiger partial charge on any atom is 0.222 e. The third-order valence-electron chi connectivity index (χ3n) is 5.37. The number of hydrogen-bond acceptors (Lipinski definition) is 4. The molecule has 0 aromatic heterocycles. The summed E-state index contributed by atoms with van der Waals surface area (Å²) in [7, 11) is 1.67. The molecule has 0 aliphatic carbocycles. The molecule has 0 bridgehead atoms. The van der Waals surface area contributed by atoms with Gasteiger partial charge < -0.3 is 14.4 Å². The van der Waals surface area contributed by atoms with Crippen molar-refractivity contribution in [2.75, 3.05) is 53.0 Å². The van der Waals surface area contributed by atoms with Crippen LogP contribution in [-0.2, 0) is 16.0 Å². The zero-order valence-corrected chi connectivity index (χ0v) is 15.3. The van der Waals surface area contributed by atoms with Crippen LogP contribution in [0.2, 0.25) is 0 Å². The highest BCUT2D eigenvalue weighted by molar-refractivity contribution is 5.76. The molecule has 25 heavy (non-hydrogen) atoms. The van der Waals surface area contributed by atoms with E-state index in [1.807, 2.05) is 24.3 Å². The Balaban J connectivity index is 1.37. The number of carbonyl (C=O) groups is 1. The Morgan fingerprint density at radius 2 is 1.80 bits per heavy atom. The Labute approximate surface area is 150 Å². The average Bonchev–Trinajstić information content (AvgIpc) is 2.68. The summed E-state index contributed by atoms with van der Waals surface area (Å²) < 4.78 is 10.6. The molecular weight excluding hydrogens is 316 g/mol. The van der Waals surface area contributed by atoms with Crippen LogP contribution in [0.15, 0.2) is 24.3 Å². The fourth-order valence-electron chi connectivity index (χ4n) is 3.72. The third kappa shape index (κ3) is 5.44. The van der Waals surface area contributed by atoms with E-state index >= 15 is 0 Å². The Morgan fingerprint density at radius 1 is 1.12 bits per heavy atom. The van der Waals surface area contributed by atoms with Crippen LogP contribution in [0.25, 0.3) is 0 Å². The zero-order chi connectivity index (χ0) is 17.5. The molecule has 1 aromatic rings. The van der Waals surface area contributed by atoms with Gasteiger partial charge in [-0.05, 0) is 42.9 Å². The van der Waals surface area contributed by atoms with Gasteiger partial charge in [-0.3, -0.25) is 9.69 Å². The number of nitrogens with zero attached hydrogens (tertiary/aromatic N) is 2. The minimum Gasteiger partial charge on any atom is -0.497 e. The van der Waals surface area contributed by atoms with Gasteiger partial charge in [0.15, 0.2) is 0 Å². The number of amides is 1. The quantitative estimate of drug-likeness (QED) is 0.792. The number of aryl methyl sites for hydroxylation is 1. The number of benzene rings is 1. The van der Waals surface area contributed by atoms with Crippen molar-refractivity contribution in [1.29, 1.82) is 0 Å². The lowest BCUT2D eigenvalue weighted by molar-refractivity contribution is -0.132. The molecule has 0 unspecified atom stereocenters. The number of carbonyl (C=O) groups excluding carboxylic acids is 1. The second-order valence-corrected chi connectivity index (χ2v) is 7.09. The molecule has 0 spiro atoms. The van der Waals surface area contributed by atoms with E-state index in [0.717, 1.165) is 76.9 Å². The lowest BCUT2D eigenvalue weighted by atomic mass is 9.95. The molecule has 0 atom stereocenters. The maximum atomic E-state index is 12.5. The topological polar surface area (TPSA) is 42.0 Å². The Hall–Kier alpha value is -1.59. The molecule has 2 heterocycles. The first-order chi connectivity index (χ1) is 12.2. The minimum atomic E-state index is 0.292. The summed E-state index contributed by atoms with van der Waals surface area (Å²) in [5.41, 5.74) is 1.19. The predicted molar refractivity (Wildman–Crippen MR) is 97.9 cm³/mol. The van der Waals surface area contributed by atoms with Crippen molar-refractivity contribution in [2.24, 2.45) is 5.92 Å². The van der Waals surface area contributed by atoms with Crippen LogP contribution in [0.4, 0.5) is 0 Å². The molecule has 2 fully saturated rings. The number of morpholine rings is 1. The Morgan fingerprint density at radius 3 is 2.44 bits per heavy atom. The highest BCUT2D eigenvalue weighted by Gasteiger charge is 2.24. The fraction of sp³-hybridized carbons (Fsp3) is 0.650. The van der Waals surface area contributed by atoms with E-state index in [1.165, 1.54) is 5.56 Å². The number of methoxy groups -OCH3 is 1. The first-order valence-corrected chi connectivity index (χ1v) is 9.45. The molecule has 0 N–H and O–H groups in total. The molecule has 138 valence electrons. The van der Waals surface area contributed by atoms with E-state index in [2.05, 4.69) is 9.80 Å². The molecule has 5 nitrogen and oxygen atoms in total. The summed E-state index contributed by atoms with van der Waals surface area (Å²) >= 11 is 0. The second-order valence-electron chi connectivity index (χ2n) is 7.09. The lowest BCUT2D eigenvalue weighted by Gasteiger charge is -2.36. The van der Waals surface area contributed by atoms with Gasteiger partial charge in [0.2, 0.25) is 5.91 Å². The number of rotatable bonds is 6. The highest BCUT2D eigenvalue weighted by Crippen LogP contribution is 2.20.